The average Bonchev–Trinajstić information content (AvgIpc) is 2.90. The predicted octanol–water partition coefficient (Wildman–Crippen LogP) is 1.71. The SMILES string of the molecule is CCNCc1ccccc1NC(=O)NC1CCOC1. The first-order valence-electron chi connectivity index (χ1n) is 6.73. The zero-order valence-electron chi connectivity index (χ0n) is 11.2. The molecule has 0 aliphatic carbocycles. The number of urea groups is 1. The molecule has 3 N–H and O–H groups in total. The van der Waals surface area contributed by atoms with E-state index in [0.717, 1.165) is 37.4 Å². The van der Waals surface area contributed by atoms with Gasteiger partial charge in [0.2, 0.25) is 0 Å². The van der Waals surface area contributed by atoms with Crippen molar-refractivity contribution >= 4 is 11.7 Å². The number of hydrogen-bond acceptors (Lipinski definition) is 3. The molecule has 0 bridgehead atoms. The highest BCUT2D eigenvalue weighted by molar-refractivity contribution is 5.90. The highest BCUT2D eigenvalue weighted by Crippen LogP contribution is 2.14. The van der Waals surface area contributed by atoms with Gasteiger partial charge in [-0.25, -0.2) is 4.79 Å². The molecule has 1 aromatic carbocycles. The van der Waals surface area contributed by atoms with Gasteiger partial charge in [-0.15, -0.1) is 0 Å². The molecule has 2 rings (SSSR count). The molecule has 1 saturated heterocycles. The van der Waals surface area contributed by atoms with E-state index >= 15 is 0 Å². The third-order valence-electron chi connectivity index (χ3n) is 3.10. The van der Waals surface area contributed by atoms with E-state index in [1.54, 1.807) is 0 Å². The highest BCUT2D eigenvalue weighted by atomic mass is 16.5. The van der Waals surface area contributed by atoms with Gasteiger partial charge in [-0.3, -0.25) is 0 Å². The molecule has 0 spiro atoms. The number of anilines is 1. The molecule has 19 heavy (non-hydrogen) atoms. The minimum absolute atomic E-state index is 0.126. The fraction of sp³-hybridized carbons (Fsp3) is 0.500. The van der Waals surface area contributed by atoms with Crippen LogP contribution < -0.4 is 16.0 Å². The van der Waals surface area contributed by atoms with Crippen molar-refractivity contribution in [3.8, 4) is 0 Å². The van der Waals surface area contributed by atoms with E-state index in [9.17, 15) is 4.79 Å². The van der Waals surface area contributed by atoms with Gasteiger partial charge in [-0.05, 0) is 24.6 Å². The van der Waals surface area contributed by atoms with Gasteiger partial charge < -0.3 is 20.7 Å². The van der Waals surface area contributed by atoms with Gasteiger partial charge in [0.1, 0.15) is 0 Å². The maximum absolute atomic E-state index is 11.9. The minimum Gasteiger partial charge on any atom is -0.379 e. The van der Waals surface area contributed by atoms with Gasteiger partial charge in [0.15, 0.2) is 0 Å². The Balaban J connectivity index is 1.91. The van der Waals surface area contributed by atoms with Crippen molar-refractivity contribution in [1.29, 1.82) is 0 Å². The zero-order chi connectivity index (χ0) is 13.5. The second-order valence-corrected chi connectivity index (χ2v) is 4.60. The lowest BCUT2D eigenvalue weighted by atomic mass is 10.1. The summed E-state index contributed by atoms with van der Waals surface area (Å²) in [7, 11) is 0. The van der Waals surface area contributed by atoms with Crippen LogP contribution in [0, 0.1) is 0 Å². The monoisotopic (exact) mass is 263 g/mol. The topological polar surface area (TPSA) is 62.4 Å². The summed E-state index contributed by atoms with van der Waals surface area (Å²) < 4.78 is 5.23. The van der Waals surface area contributed by atoms with Crippen molar-refractivity contribution in [1.82, 2.24) is 10.6 Å². The van der Waals surface area contributed by atoms with Crippen molar-refractivity contribution in [2.75, 3.05) is 25.1 Å². The Labute approximate surface area is 113 Å². The summed E-state index contributed by atoms with van der Waals surface area (Å²) in [4.78, 5) is 11.9. The Kier molecular flexibility index (Phi) is 5.18. The third-order valence-corrected chi connectivity index (χ3v) is 3.10. The van der Waals surface area contributed by atoms with Gasteiger partial charge in [-0.1, -0.05) is 25.1 Å². The zero-order valence-corrected chi connectivity index (χ0v) is 11.2. The average molecular weight is 263 g/mol. The van der Waals surface area contributed by atoms with E-state index < -0.39 is 0 Å². The number of amides is 2. The molecule has 104 valence electrons. The van der Waals surface area contributed by atoms with E-state index in [1.165, 1.54) is 0 Å². The van der Waals surface area contributed by atoms with E-state index in [1.807, 2.05) is 24.3 Å². The van der Waals surface area contributed by atoms with Crippen LogP contribution in [0.2, 0.25) is 0 Å². The molecule has 0 saturated carbocycles. The Morgan fingerprint density at radius 3 is 3.00 bits per heavy atom. The van der Waals surface area contributed by atoms with Crippen molar-refractivity contribution < 1.29 is 9.53 Å². The molecule has 2 amide bonds. The second kappa shape index (κ2) is 7.11. The minimum atomic E-state index is -0.167. The quantitative estimate of drug-likeness (QED) is 0.758. The molecule has 1 aromatic rings. The van der Waals surface area contributed by atoms with Crippen LogP contribution in [0.5, 0.6) is 0 Å². The molecule has 1 fully saturated rings. The smallest absolute Gasteiger partial charge is 0.319 e. The normalized spacial score (nSPS) is 18.3. The molecule has 5 nitrogen and oxygen atoms in total. The fourth-order valence-corrected chi connectivity index (χ4v) is 2.05. The molecule has 1 aliphatic rings. The lowest BCUT2D eigenvalue weighted by molar-refractivity contribution is 0.189. The molecular weight excluding hydrogens is 242 g/mol. The number of ether oxygens (including phenoxy) is 1. The van der Waals surface area contributed by atoms with E-state index in [2.05, 4.69) is 22.9 Å². The van der Waals surface area contributed by atoms with Gasteiger partial charge in [0.25, 0.3) is 0 Å². The van der Waals surface area contributed by atoms with E-state index in [-0.39, 0.29) is 12.1 Å². The predicted molar refractivity (Wildman–Crippen MR) is 75.2 cm³/mol. The second-order valence-electron chi connectivity index (χ2n) is 4.60. The van der Waals surface area contributed by atoms with Crippen LogP contribution >= 0.6 is 0 Å². The van der Waals surface area contributed by atoms with Crippen LogP contribution in [0.3, 0.4) is 0 Å². The van der Waals surface area contributed by atoms with Gasteiger partial charge in [-0.2, -0.15) is 0 Å². The third kappa shape index (κ3) is 4.22. The molecule has 0 radical (unpaired) electrons. The van der Waals surface area contributed by atoms with Crippen LogP contribution in [-0.4, -0.2) is 31.8 Å². The van der Waals surface area contributed by atoms with E-state index in [0.29, 0.717) is 6.61 Å². The number of benzene rings is 1. The molecule has 5 heteroatoms. The number of rotatable bonds is 5. The molecule has 1 unspecified atom stereocenters. The van der Waals surface area contributed by atoms with Crippen molar-refractivity contribution in [3.05, 3.63) is 29.8 Å². The van der Waals surface area contributed by atoms with Gasteiger partial charge in [0.05, 0.1) is 12.6 Å². The van der Waals surface area contributed by atoms with Crippen LogP contribution in [0.25, 0.3) is 0 Å². The summed E-state index contributed by atoms with van der Waals surface area (Å²) in [6.07, 6.45) is 0.881. The first-order valence-corrected chi connectivity index (χ1v) is 6.73. The summed E-state index contributed by atoms with van der Waals surface area (Å²) in [6.45, 7) is 5.04. The van der Waals surface area contributed by atoms with Crippen LogP contribution in [0.15, 0.2) is 24.3 Å². The summed E-state index contributed by atoms with van der Waals surface area (Å²) in [6, 6.07) is 7.78. The van der Waals surface area contributed by atoms with Crippen LogP contribution in [0.4, 0.5) is 10.5 Å². The molecule has 0 aromatic heterocycles. The standard InChI is InChI=1S/C14H21N3O2/c1-2-15-9-11-5-3-4-6-13(11)17-14(18)16-12-7-8-19-10-12/h3-6,12,15H,2,7-10H2,1H3,(H2,16,17,18). The first-order chi connectivity index (χ1) is 9.29. The Hall–Kier alpha value is -1.59. The summed E-state index contributed by atoms with van der Waals surface area (Å²) >= 11 is 0. The Morgan fingerprint density at radius 1 is 1.42 bits per heavy atom. The highest BCUT2D eigenvalue weighted by Gasteiger charge is 2.17. The first kappa shape index (κ1) is 13.8. The summed E-state index contributed by atoms with van der Waals surface area (Å²) in [5.41, 5.74) is 1.93. The van der Waals surface area contributed by atoms with Crippen LogP contribution in [-0.2, 0) is 11.3 Å². The fourth-order valence-electron chi connectivity index (χ4n) is 2.05. The van der Waals surface area contributed by atoms with Gasteiger partial charge >= 0.3 is 6.03 Å². The molecular formula is C14H21N3O2. The van der Waals surface area contributed by atoms with Crippen molar-refractivity contribution in [2.24, 2.45) is 0 Å². The largest absolute Gasteiger partial charge is 0.379 e. The van der Waals surface area contributed by atoms with Crippen molar-refractivity contribution in [2.45, 2.75) is 25.9 Å². The number of nitrogens with one attached hydrogen (secondary N) is 3. The van der Waals surface area contributed by atoms with E-state index in [4.69, 9.17) is 4.74 Å². The Bertz CT molecular complexity index is 417. The lowest BCUT2D eigenvalue weighted by Gasteiger charge is -2.14. The number of carbonyl (C=O) groups excluding carboxylic acids is 1. The lowest BCUT2D eigenvalue weighted by Crippen LogP contribution is -2.38. The summed E-state index contributed by atoms with van der Waals surface area (Å²) in [5.74, 6) is 0. The molecule has 1 aliphatic heterocycles. The van der Waals surface area contributed by atoms with Crippen LogP contribution in [0.1, 0.15) is 18.9 Å². The Morgan fingerprint density at radius 2 is 2.26 bits per heavy atom. The number of carbonyl (C=O) groups is 1. The number of hydrogen-bond donors (Lipinski definition) is 3. The maximum Gasteiger partial charge on any atom is 0.319 e. The van der Waals surface area contributed by atoms with Crippen molar-refractivity contribution in [3.63, 3.8) is 0 Å². The maximum atomic E-state index is 11.9. The molecule has 1 atom stereocenters. The number of para-hydroxylation sites is 1. The molecule has 1 heterocycles. The summed E-state index contributed by atoms with van der Waals surface area (Å²) in [5, 5.41) is 9.08. The van der Waals surface area contributed by atoms with Gasteiger partial charge in [0, 0.05) is 18.8 Å².